The first-order chi connectivity index (χ1) is 13.6. The Morgan fingerprint density at radius 1 is 0.821 bits per heavy atom. The van der Waals surface area contributed by atoms with Crippen molar-refractivity contribution < 1.29 is 14.3 Å². The second-order valence-electron chi connectivity index (χ2n) is 6.99. The zero-order valence-corrected chi connectivity index (χ0v) is 15.6. The molecule has 1 heterocycles. The van der Waals surface area contributed by atoms with Crippen molar-refractivity contribution in [1.29, 1.82) is 0 Å². The summed E-state index contributed by atoms with van der Waals surface area (Å²) in [5, 5.41) is 0. The lowest BCUT2D eigenvalue weighted by atomic mass is 9.86. The van der Waals surface area contributed by atoms with E-state index in [-0.39, 0.29) is 30.1 Å². The highest BCUT2D eigenvalue weighted by Crippen LogP contribution is 2.36. The summed E-state index contributed by atoms with van der Waals surface area (Å²) >= 11 is 0. The smallest absolute Gasteiger partial charge is 0.237 e. The molecule has 3 aromatic carbocycles. The fraction of sp³-hybridized carbons (Fsp3) is 0.167. The van der Waals surface area contributed by atoms with Gasteiger partial charge >= 0.3 is 0 Å². The van der Waals surface area contributed by atoms with E-state index in [0.29, 0.717) is 11.4 Å². The summed E-state index contributed by atoms with van der Waals surface area (Å²) in [6, 6.07) is 26.4. The maximum atomic E-state index is 13.0. The van der Waals surface area contributed by atoms with E-state index in [0.717, 1.165) is 11.3 Å². The van der Waals surface area contributed by atoms with Gasteiger partial charge in [0, 0.05) is 6.42 Å². The van der Waals surface area contributed by atoms with E-state index in [4.69, 9.17) is 4.74 Å². The molecule has 2 atom stereocenters. The van der Waals surface area contributed by atoms with Crippen LogP contribution in [0.1, 0.15) is 24.8 Å². The number of amides is 2. The summed E-state index contributed by atoms with van der Waals surface area (Å²) < 4.78 is 5.78. The van der Waals surface area contributed by atoms with Crippen molar-refractivity contribution in [3.63, 3.8) is 0 Å². The number of hydrogen-bond acceptors (Lipinski definition) is 3. The molecule has 0 bridgehead atoms. The van der Waals surface area contributed by atoms with Gasteiger partial charge in [-0.1, -0.05) is 55.5 Å². The highest BCUT2D eigenvalue weighted by molar-refractivity contribution is 6.21. The Hall–Kier alpha value is -3.40. The number of nitrogens with zero attached hydrogens (tertiary/aromatic N) is 1. The molecule has 0 unspecified atom stereocenters. The maximum absolute atomic E-state index is 13.0. The lowest BCUT2D eigenvalue weighted by molar-refractivity contribution is -0.122. The Morgan fingerprint density at radius 3 is 2.04 bits per heavy atom. The number of anilines is 1. The van der Waals surface area contributed by atoms with Gasteiger partial charge in [0.1, 0.15) is 11.5 Å². The second kappa shape index (κ2) is 7.69. The third-order valence-electron chi connectivity index (χ3n) is 5.18. The minimum atomic E-state index is -0.338. The second-order valence-corrected chi connectivity index (χ2v) is 6.99. The van der Waals surface area contributed by atoms with E-state index in [9.17, 15) is 9.59 Å². The predicted octanol–water partition coefficient (Wildman–Crippen LogP) is 5.16. The van der Waals surface area contributed by atoms with Crippen molar-refractivity contribution in [3.05, 3.63) is 90.5 Å². The molecule has 4 rings (SSSR count). The van der Waals surface area contributed by atoms with Crippen molar-refractivity contribution in [1.82, 2.24) is 0 Å². The van der Waals surface area contributed by atoms with E-state index < -0.39 is 0 Å². The van der Waals surface area contributed by atoms with Gasteiger partial charge in [-0.25, -0.2) is 0 Å². The summed E-state index contributed by atoms with van der Waals surface area (Å²) in [5.74, 6) is 0.745. The van der Waals surface area contributed by atoms with E-state index in [1.807, 2.05) is 67.6 Å². The molecule has 0 N–H and O–H groups in total. The molecule has 1 saturated heterocycles. The van der Waals surface area contributed by atoms with Gasteiger partial charge in [-0.3, -0.25) is 14.5 Å². The molecule has 0 spiro atoms. The first kappa shape index (κ1) is 18.0. The highest BCUT2D eigenvalue weighted by atomic mass is 16.5. The number of ether oxygens (including phenoxy) is 1. The third-order valence-corrected chi connectivity index (χ3v) is 5.18. The Kier molecular flexibility index (Phi) is 4.94. The molecule has 2 amide bonds. The van der Waals surface area contributed by atoms with Gasteiger partial charge in [0.2, 0.25) is 11.8 Å². The number of rotatable bonds is 5. The van der Waals surface area contributed by atoms with Crippen molar-refractivity contribution in [3.8, 4) is 11.5 Å². The quantitative estimate of drug-likeness (QED) is 0.582. The standard InChI is InChI=1S/C24H21NO3/c1-17(18-8-4-2-5-9-18)22-16-23(26)25(24(22)27)19-12-14-21(15-13-19)28-20-10-6-3-7-11-20/h2-15,17,22H,16H2,1H3/t17-,22+/m0/s1. The molecule has 0 saturated carbocycles. The lowest BCUT2D eigenvalue weighted by Gasteiger charge is -2.19. The minimum Gasteiger partial charge on any atom is -0.457 e. The lowest BCUT2D eigenvalue weighted by Crippen LogP contribution is -2.31. The number of imide groups is 1. The minimum absolute atomic E-state index is 0.0108. The van der Waals surface area contributed by atoms with Crippen LogP contribution in [0.2, 0.25) is 0 Å². The molecule has 28 heavy (non-hydrogen) atoms. The molecular formula is C24H21NO3. The number of carbonyl (C=O) groups excluding carboxylic acids is 2. The van der Waals surface area contributed by atoms with Gasteiger partial charge in [-0.2, -0.15) is 0 Å². The molecule has 4 nitrogen and oxygen atoms in total. The van der Waals surface area contributed by atoms with Crippen LogP contribution in [0.3, 0.4) is 0 Å². The van der Waals surface area contributed by atoms with Crippen molar-refractivity contribution >= 4 is 17.5 Å². The molecule has 4 heteroatoms. The van der Waals surface area contributed by atoms with Crippen LogP contribution < -0.4 is 9.64 Å². The first-order valence-corrected chi connectivity index (χ1v) is 9.38. The van der Waals surface area contributed by atoms with Crippen LogP contribution in [0.5, 0.6) is 11.5 Å². The topological polar surface area (TPSA) is 46.6 Å². The number of para-hydroxylation sites is 1. The number of benzene rings is 3. The summed E-state index contributed by atoms with van der Waals surface area (Å²) in [6.07, 6.45) is 0.233. The van der Waals surface area contributed by atoms with Crippen LogP contribution in [-0.2, 0) is 9.59 Å². The van der Waals surface area contributed by atoms with Crippen molar-refractivity contribution in [2.24, 2.45) is 5.92 Å². The molecular weight excluding hydrogens is 350 g/mol. The molecule has 140 valence electrons. The number of carbonyl (C=O) groups is 2. The summed E-state index contributed by atoms with van der Waals surface area (Å²) in [7, 11) is 0. The molecule has 1 aliphatic heterocycles. The Labute approximate surface area is 164 Å². The van der Waals surface area contributed by atoms with Crippen molar-refractivity contribution in [2.45, 2.75) is 19.3 Å². The highest BCUT2D eigenvalue weighted by Gasteiger charge is 2.42. The number of hydrogen-bond donors (Lipinski definition) is 0. The molecule has 0 aliphatic carbocycles. The zero-order valence-electron chi connectivity index (χ0n) is 15.6. The largest absolute Gasteiger partial charge is 0.457 e. The van der Waals surface area contributed by atoms with Gasteiger partial charge in [0.25, 0.3) is 0 Å². The zero-order chi connectivity index (χ0) is 19.5. The predicted molar refractivity (Wildman–Crippen MR) is 108 cm³/mol. The van der Waals surface area contributed by atoms with Crippen LogP contribution in [0.25, 0.3) is 0 Å². The van der Waals surface area contributed by atoms with Gasteiger partial charge in [0.15, 0.2) is 0 Å². The fourth-order valence-corrected chi connectivity index (χ4v) is 3.59. The molecule has 1 fully saturated rings. The Morgan fingerprint density at radius 2 is 1.39 bits per heavy atom. The Bertz CT molecular complexity index is 968. The third kappa shape index (κ3) is 3.54. The van der Waals surface area contributed by atoms with Gasteiger partial charge < -0.3 is 4.74 Å². The normalized spacial score (nSPS) is 17.6. The fourth-order valence-electron chi connectivity index (χ4n) is 3.59. The average molecular weight is 371 g/mol. The van der Waals surface area contributed by atoms with E-state index in [1.165, 1.54) is 4.90 Å². The monoisotopic (exact) mass is 371 g/mol. The SMILES string of the molecule is C[C@@H](c1ccccc1)[C@H]1CC(=O)N(c2ccc(Oc3ccccc3)cc2)C1=O. The van der Waals surface area contributed by atoms with Crippen LogP contribution in [0.4, 0.5) is 5.69 Å². The summed E-state index contributed by atoms with van der Waals surface area (Å²) in [6.45, 7) is 2.01. The first-order valence-electron chi connectivity index (χ1n) is 9.38. The average Bonchev–Trinajstić information content (AvgIpc) is 3.03. The van der Waals surface area contributed by atoms with Crippen molar-refractivity contribution in [2.75, 3.05) is 4.90 Å². The van der Waals surface area contributed by atoms with Crippen LogP contribution in [0.15, 0.2) is 84.9 Å². The van der Waals surface area contributed by atoms with Gasteiger partial charge in [-0.15, -0.1) is 0 Å². The Balaban J connectivity index is 1.51. The van der Waals surface area contributed by atoms with E-state index in [2.05, 4.69) is 0 Å². The van der Waals surface area contributed by atoms with Crippen LogP contribution in [0, 0.1) is 5.92 Å². The summed E-state index contributed by atoms with van der Waals surface area (Å²) in [5.41, 5.74) is 1.65. The molecule has 3 aromatic rings. The van der Waals surface area contributed by atoms with E-state index in [1.54, 1.807) is 24.3 Å². The van der Waals surface area contributed by atoms with E-state index >= 15 is 0 Å². The molecule has 0 radical (unpaired) electrons. The molecule has 1 aliphatic rings. The summed E-state index contributed by atoms with van der Waals surface area (Å²) in [4.78, 5) is 26.9. The van der Waals surface area contributed by atoms with Crippen LogP contribution in [-0.4, -0.2) is 11.8 Å². The van der Waals surface area contributed by atoms with Gasteiger partial charge in [-0.05, 0) is 47.9 Å². The maximum Gasteiger partial charge on any atom is 0.237 e. The molecule has 0 aromatic heterocycles. The van der Waals surface area contributed by atoms with Gasteiger partial charge in [0.05, 0.1) is 11.6 Å². The van der Waals surface area contributed by atoms with Crippen LogP contribution >= 0.6 is 0 Å².